The van der Waals surface area contributed by atoms with E-state index in [1.54, 1.807) is 25.2 Å². The summed E-state index contributed by atoms with van der Waals surface area (Å²) in [6.45, 7) is 0.0285. The Morgan fingerprint density at radius 1 is 1.02 bits per heavy atom. The van der Waals surface area contributed by atoms with Gasteiger partial charge in [0, 0.05) is 31.6 Å². The van der Waals surface area contributed by atoms with Crippen LogP contribution in [0.4, 0.5) is 5.69 Å². The van der Waals surface area contributed by atoms with Gasteiger partial charge in [-0.25, -0.2) is 14.6 Å². The largest absolute Gasteiger partial charge is 0.482 e. The lowest BCUT2D eigenvalue weighted by Crippen LogP contribution is -2.39. The Bertz CT molecular complexity index is 1450. The Labute approximate surface area is 235 Å². The molecule has 1 saturated carbocycles. The quantitative estimate of drug-likeness (QED) is 0.289. The molecule has 2 unspecified atom stereocenters. The number of fused-ring (bicyclic) bond motifs is 2. The smallest absolute Gasteiger partial charge is 0.335 e. The molecule has 13 heteroatoms. The number of carboxylic acids is 2. The van der Waals surface area contributed by atoms with Crippen LogP contribution in [0.3, 0.4) is 0 Å². The monoisotopic (exact) mass is 568 g/mol. The molecule has 0 bridgehead atoms. The van der Waals surface area contributed by atoms with E-state index < -0.39 is 24.1 Å². The van der Waals surface area contributed by atoms with E-state index >= 15 is 0 Å². The summed E-state index contributed by atoms with van der Waals surface area (Å²) in [6, 6.07) is 13.5. The van der Waals surface area contributed by atoms with Crippen LogP contribution in [-0.2, 0) is 21.4 Å². The van der Waals surface area contributed by atoms with Crippen LogP contribution >= 0.6 is 0 Å². The number of nitrogens with one attached hydrogen (secondary N) is 1. The number of benzene rings is 2. The number of aliphatic hydroxyl groups is 2. The molecule has 2 amide bonds. The molecule has 5 N–H and O–H groups in total. The van der Waals surface area contributed by atoms with Gasteiger partial charge in [-0.2, -0.15) is 0 Å². The third-order valence-corrected chi connectivity index (χ3v) is 7.31. The van der Waals surface area contributed by atoms with Gasteiger partial charge in [0.25, 0.3) is 11.8 Å². The summed E-state index contributed by atoms with van der Waals surface area (Å²) in [5.41, 5.74) is 3.32. The summed E-state index contributed by atoms with van der Waals surface area (Å²) in [7, 11) is 3.77. The standard InChI is InChI=1S/C24H26N4O3.C4H6O6/c1-27-20-13-16(10-11-21(20)31-14-22(27)29)24(30)25-17-7-5-6-15(12-17)23-26-18-8-3-4-9-19(18)28(23)2;5-1(3(7)8)2(6)4(9)10/h3-4,8-11,13,15,17H,5-7,12,14H2,1-2H3,(H,25,30);1-2,5-6H,(H,7,8)(H,9,10)/t15-,17+;/m0./s1. The number of aromatic nitrogens is 2. The van der Waals surface area contributed by atoms with Crippen molar-refractivity contribution in [2.45, 2.75) is 49.9 Å². The average molecular weight is 569 g/mol. The summed E-state index contributed by atoms with van der Waals surface area (Å²) >= 11 is 0. The van der Waals surface area contributed by atoms with Gasteiger partial charge in [0.1, 0.15) is 11.6 Å². The number of nitrogens with zero attached hydrogens (tertiary/aromatic N) is 3. The second-order valence-electron chi connectivity index (χ2n) is 10.0. The summed E-state index contributed by atoms with van der Waals surface area (Å²) in [5.74, 6) is -1.75. The number of hydrogen-bond acceptors (Lipinski definition) is 8. The fourth-order valence-electron chi connectivity index (χ4n) is 5.04. The van der Waals surface area contributed by atoms with Gasteiger partial charge in [-0.3, -0.25) is 9.59 Å². The first-order valence-electron chi connectivity index (χ1n) is 13.0. The van der Waals surface area contributed by atoms with Crippen LogP contribution in [0, 0.1) is 0 Å². The number of ether oxygens (including phenoxy) is 1. The van der Waals surface area contributed by atoms with Gasteiger partial charge in [0.2, 0.25) is 0 Å². The zero-order valence-electron chi connectivity index (χ0n) is 22.6. The fraction of sp³-hybridized carbons (Fsp3) is 0.393. The van der Waals surface area contributed by atoms with Crippen molar-refractivity contribution in [1.29, 1.82) is 0 Å². The highest BCUT2D eigenvalue weighted by Crippen LogP contribution is 2.35. The van der Waals surface area contributed by atoms with Gasteiger partial charge < -0.3 is 39.9 Å². The molecule has 1 aliphatic heterocycles. The number of amides is 2. The van der Waals surface area contributed by atoms with Crippen LogP contribution in [-0.4, -0.2) is 85.6 Å². The minimum Gasteiger partial charge on any atom is -0.482 e. The maximum Gasteiger partial charge on any atom is 0.335 e. The first-order valence-corrected chi connectivity index (χ1v) is 13.0. The third-order valence-electron chi connectivity index (χ3n) is 7.31. The molecule has 0 saturated heterocycles. The van der Waals surface area contributed by atoms with Crippen LogP contribution in [0.5, 0.6) is 5.75 Å². The van der Waals surface area contributed by atoms with Crippen LogP contribution < -0.4 is 15.0 Å². The van der Waals surface area contributed by atoms with E-state index in [1.165, 1.54) is 4.90 Å². The zero-order chi connectivity index (χ0) is 29.8. The second kappa shape index (κ2) is 12.4. The number of carbonyl (C=O) groups excluding carboxylic acids is 2. The van der Waals surface area contributed by atoms with Gasteiger partial charge in [-0.15, -0.1) is 0 Å². The van der Waals surface area contributed by atoms with Gasteiger partial charge >= 0.3 is 11.9 Å². The maximum atomic E-state index is 13.0. The van der Waals surface area contributed by atoms with Crippen molar-refractivity contribution < 1.29 is 44.3 Å². The minimum absolute atomic E-state index is 0.0285. The summed E-state index contributed by atoms with van der Waals surface area (Å²) in [5, 5.41) is 35.7. The zero-order valence-corrected chi connectivity index (χ0v) is 22.6. The second-order valence-corrected chi connectivity index (χ2v) is 10.0. The Balaban J connectivity index is 0.000000334. The van der Waals surface area contributed by atoms with Crippen molar-refractivity contribution in [1.82, 2.24) is 14.9 Å². The number of carboxylic acid groups (broad SMARTS) is 2. The molecule has 1 fully saturated rings. The van der Waals surface area contributed by atoms with Gasteiger partial charge in [0.15, 0.2) is 18.8 Å². The molecule has 5 rings (SSSR count). The fourth-order valence-corrected chi connectivity index (χ4v) is 5.04. The van der Waals surface area contributed by atoms with Crippen molar-refractivity contribution >= 4 is 40.5 Å². The molecule has 41 heavy (non-hydrogen) atoms. The lowest BCUT2D eigenvalue weighted by molar-refractivity contribution is -0.165. The predicted molar refractivity (Wildman–Crippen MR) is 146 cm³/mol. The molecule has 4 atom stereocenters. The highest BCUT2D eigenvalue weighted by molar-refractivity contribution is 6.01. The summed E-state index contributed by atoms with van der Waals surface area (Å²) < 4.78 is 7.64. The summed E-state index contributed by atoms with van der Waals surface area (Å²) in [6.07, 6.45) is -0.579. The summed E-state index contributed by atoms with van der Waals surface area (Å²) in [4.78, 5) is 50.8. The van der Waals surface area contributed by atoms with E-state index in [0.29, 0.717) is 22.9 Å². The van der Waals surface area contributed by atoms with Crippen LogP contribution in [0.1, 0.15) is 47.8 Å². The average Bonchev–Trinajstić information content (AvgIpc) is 3.30. The van der Waals surface area contributed by atoms with E-state index in [1.807, 2.05) is 18.2 Å². The number of aliphatic hydroxyl groups excluding tert-OH is 2. The highest BCUT2D eigenvalue weighted by atomic mass is 16.5. The van der Waals surface area contributed by atoms with Crippen molar-refractivity contribution in [2.75, 3.05) is 18.6 Å². The molecule has 0 radical (unpaired) electrons. The lowest BCUT2D eigenvalue weighted by atomic mass is 9.85. The van der Waals surface area contributed by atoms with Crippen molar-refractivity contribution in [2.24, 2.45) is 7.05 Å². The van der Waals surface area contributed by atoms with Crippen LogP contribution in [0.25, 0.3) is 11.0 Å². The van der Waals surface area contributed by atoms with Gasteiger partial charge in [-0.1, -0.05) is 18.6 Å². The van der Waals surface area contributed by atoms with Crippen molar-refractivity contribution in [3.05, 3.63) is 53.9 Å². The molecular weight excluding hydrogens is 536 g/mol. The number of anilines is 1. The minimum atomic E-state index is -2.27. The van der Waals surface area contributed by atoms with Crippen LogP contribution in [0.2, 0.25) is 0 Å². The molecule has 2 aromatic carbocycles. The van der Waals surface area contributed by atoms with Gasteiger partial charge in [-0.05, 0) is 49.6 Å². The molecule has 3 aromatic rings. The molecule has 1 aromatic heterocycles. The first kappa shape index (κ1) is 29.5. The number of likely N-dealkylation sites (N-methyl/N-ethyl adjacent to an activating group) is 1. The van der Waals surface area contributed by atoms with E-state index in [2.05, 4.69) is 23.0 Å². The number of imidazole rings is 1. The predicted octanol–water partition coefficient (Wildman–Crippen LogP) is 1.26. The van der Waals surface area contributed by atoms with E-state index in [4.69, 9.17) is 30.1 Å². The molecule has 218 valence electrons. The van der Waals surface area contributed by atoms with Crippen LogP contribution in [0.15, 0.2) is 42.5 Å². The maximum absolute atomic E-state index is 13.0. The topological polar surface area (TPSA) is 192 Å². The van der Waals surface area contributed by atoms with Crippen molar-refractivity contribution in [3.8, 4) is 5.75 Å². The number of carbonyl (C=O) groups is 4. The molecule has 0 spiro atoms. The Hall–Kier alpha value is -4.49. The lowest BCUT2D eigenvalue weighted by Gasteiger charge is -2.30. The van der Waals surface area contributed by atoms with Gasteiger partial charge in [0.05, 0.1) is 16.7 Å². The molecular formula is C28H32N4O9. The number of rotatable bonds is 6. The van der Waals surface area contributed by atoms with E-state index in [-0.39, 0.29) is 24.5 Å². The third kappa shape index (κ3) is 6.47. The Morgan fingerprint density at radius 2 is 1.71 bits per heavy atom. The van der Waals surface area contributed by atoms with E-state index in [9.17, 15) is 19.2 Å². The Morgan fingerprint density at radius 3 is 2.37 bits per heavy atom. The van der Waals surface area contributed by atoms with E-state index in [0.717, 1.165) is 42.5 Å². The number of aryl methyl sites for hydroxylation is 1. The normalized spacial score (nSPS) is 19.7. The number of aliphatic carboxylic acids is 2. The van der Waals surface area contributed by atoms with Crippen molar-refractivity contribution in [3.63, 3.8) is 0 Å². The number of hydrogen-bond donors (Lipinski definition) is 5. The molecule has 2 heterocycles. The number of para-hydroxylation sites is 2. The SMILES string of the molecule is CN1C(=O)COc2ccc(C(=O)N[C@@H]3CCC[C@H](c4nc5ccccc5n4C)C3)cc21.O=C(O)C(O)C(O)C(=O)O. The molecule has 13 nitrogen and oxygen atoms in total. The molecule has 1 aliphatic carbocycles. The molecule has 2 aliphatic rings. The Kier molecular flexibility index (Phi) is 8.89. The highest BCUT2D eigenvalue weighted by Gasteiger charge is 2.30. The first-order chi connectivity index (χ1) is 19.5.